The summed E-state index contributed by atoms with van der Waals surface area (Å²) in [5.74, 6) is 0. The van der Waals surface area contributed by atoms with Crippen LogP contribution in [0.3, 0.4) is 0 Å². The number of pyridine rings is 2. The fourth-order valence-corrected chi connectivity index (χ4v) is 6.93. The summed E-state index contributed by atoms with van der Waals surface area (Å²) in [7, 11) is 0. The number of fused-ring (bicyclic) bond motifs is 5. The van der Waals surface area contributed by atoms with Gasteiger partial charge in [-0.15, -0.1) is 0 Å². The number of nitrogens with zero attached hydrogens (tertiary/aromatic N) is 2. The molecule has 0 saturated heterocycles. The molecule has 214 valence electrons. The predicted octanol–water partition coefficient (Wildman–Crippen LogP) is 11.8. The molecule has 0 bridgehead atoms. The first-order valence-corrected chi connectivity index (χ1v) is 15.7. The molecule has 0 spiro atoms. The molecule has 2 aromatic heterocycles. The second-order valence-corrected chi connectivity index (χ2v) is 11.8. The lowest BCUT2D eigenvalue weighted by Crippen LogP contribution is -1.92. The first-order chi connectivity index (χ1) is 22.8. The van der Waals surface area contributed by atoms with Gasteiger partial charge in [0, 0.05) is 28.1 Å². The quantitative estimate of drug-likeness (QED) is 0.192. The van der Waals surface area contributed by atoms with Crippen LogP contribution >= 0.6 is 0 Å². The van der Waals surface area contributed by atoms with Crippen LogP contribution in [0.5, 0.6) is 0 Å². The Bertz CT molecular complexity index is 2560. The van der Waals surface area contributed by atoms with E-state index in [4.69, 9.17) is 9.97 Å². The van der Waals surface area contributed by atoms with Crippen molar-refractivity contribution >= 4 is 43.4 Å². The van der Waals surface area contributed by atoms with Crippen LogP contribution in [0.25, 0.3) is 88.0 Å². The zero-order valence-corrected chi connectivity index (χ0v) is 25.1. The van der Waals surface area contributed by atoms with Gasteiger partial charge in [0.25, 0.3) is 0 Å². The van der Waals surface area contributed by atoms with Crippen LogP contribution in [0.1, 0.15) is 0 Å². The van der Waals surface area contributed by atoms with Gasteiger partial charge in [0.05, 0.1) is 16.7 Å². The Morgan fingerprint density at radius 1 is 0.370 bits per heavy atom. The molecular weight excluding hydrogens is 556 g/mol. The maximum absolute atomic E-state index is 5.20. The van der Waals surface area contributed by atoms with Crippen molar-refractivity contribution in [3.8, 4) is 44.6 Å². The second kappa shape index (κ2) is 10.8. The van der Waals surface area contributed by atoms with Gasteiger partial charge in [-0.05, 0) is 67.6 Å². The molecule has 0 aliphatic rings. The number of aromatic nitrogens is 2. The Labute approximate surface area is 267 Å². The zero-order chi connectivity index (χ0) is 30.5. The number of hydrogen-bond acceptors (Lipinski definition) is 2. The maximum Gasteiger partial charge on any atom is 0.0780 e. The van der Waals surface area contributed by atoms with Gasteiger partial charge in [-0.25, -0.2) is 4.98 Å². The summed E-state index contributed by atoms with van der Waals surface area (Å²) in [6.45, 7) is 0. The molecule has 0 saturated carbocycles. The van der Waals surface area contributed by atoms with Crippen LogP contribution in [0.15, 0.2) is 170 Å². The third kappa shape index (κ3) is 4.35. The van der Waals surface area contributed by atoms with E-state index in [9.17, 15) is 0 Å². The summed E-state index contributed by atoms with van der Waals surface area (Å²) >= 11 is 0. The molecule has 9 aromatic rings. The number of benzene rings is 7. The van der Waals surface area contributed by atoms with Crippen LogP contribution in [0, 0.1) is 0 Å². The Morgan fingerprint density at radius 2 is 1.02 bits per heavy atom. The molecule has 46 heavy (non-hydrogen) atoms. The van der Waals surface area contributed by atoms with Crippen molar-refractivity contribution in [3.05, 3.63) is 170 Å². The van der Waals surface area contributed by atoms with Gasteiger partial charge in [0.15, 0.2) is 0 Å². The Balaban J connectivity index is 1.17. The molecule has 0 N–H and O–H groups in total. The molecule has 0 unspecified atom stereocenters. The molecular formula is C44H28N2. The minimum Gasteiger partial charge on any atom is -0.256 e. The maximum atomic E-state index is 5.20. The molecule has 0 fully saturated rings. The van der Waals surface area contributed by atoms with Crippen LogP contribution in [-0.2, 0) is 0 Å². The molecule has 0 aliphatic carbocycles. The Morgan fingerprint density at radius 3 is 1.87 bits per heavy atom. The van der Waals surface area contributed by atoms with Gasteiger partial charge >= 0.3 is 0 Å². The van der Waals surface area contributed by atoms with E-state index in [1.165, 1.54) is 54.7 Å². The highest BCUT2D eigenvalue weighted by atomic mass is 14.7. The van der Waals surface area contributed by atoms with E-state index in [1.54, 1.807) is 0 Å². The van der Waals surface area contributed by atoms with Gasteiger partial charge in [-0.1, -0.05) is 146 Å². The highest BCUT2D eigenvalue weighted by molar-refractivity contribution is 6.14. The molecule has 2 nitrogen and oxygen atoms in total. The second-order valence-electron chi connectivity index (χ2n) is 11.8. The van der Waals surface area contributed by atoms with Crippen molar-refractivity contribution < 1.29 is 0 Å². The average Bonchev–Trinajstić information content (AvgIpc) is 3.14. The van der Waals surface area contributed by atoms with E-state index in [1.807, 2.05) is 12.3 Å². The molecule has 0 aliphatic heterocycles. The first kappa shape index (κ1) is 26.3. The van der Waals surface area contributed by atoms with Crippen molar-refractivity contribution in [1.29, 1.82) is 0 Å². The molecule has 9 rings (SSSR count). The Hall–Kier alpha value is -6.12. The van der Waals surface area contributed by atoms with E-state index >= 15 is 0 Å². The monoisotopic (exact) mass is 584 g/mol. The molecule has 7 aromatic carbocycles. The van der Waals surface area contributed by atoms with Crippen molar-refractivity contribution in [1.82, 2.24) is 9.97 Å². The smallest absolute Gasteiger partial charge is 0.0780 e. The van der Waals surface area contributed by atoms with E-state index in [0.29, 0.717) is 0 Å². The lowest BCUT2D eigenvalue weighted by Gasteiger charge is -2.15. The Kier molecular flexibility index (Phi) is 6.17. The normalized spacial score (nSPS) is 11.5. The van der Waals surface area contributed by atoms with E-state index in [2.05, 4.69) is 158 Å². The minimum absolute atomic E-state index is 0.969. The summed E-state index contributed by atoms with van der Waals surface area (Å²) in [5, 5.41) is 7.23. The lowest BCUT2D eigenvalue weighted by atomic mass is 9.90. The summed E-state index contributed by atoms with van der Waals surface area (Å²) in [6, 6.07) is 58.4. The van der Waals surface area contributed by atoms with Gasteiger partial charge in [-0.2, -0.15) is 0 Å². The molecule has 0 radical (unpaired) electrons. The van der Waals surface area contributed by atoms with Crippen LogP contribution < -0.4 is 0 Å². The summed E-state index contributed by atoms with van der Waals surface area (Å²) < 4.78 is 0. The predicted molar refractivity (Wildman–Crippen MR) is 194 cm³/mol. The standard InChI is InChI=1S/C44H28N2/c1-2-10-29(11-3-1)40-28-42(46-41-26-23-30-12-4-5-15-35(30)43(40)41)32-21-19-31(20-22-32)34-24-25-38(37-17-7-6-16-36(34)37)39-18-8-13-33-14-9-27-45-44(33)39/h1-28H. The topological polar surface area (TPSA) is 25.8 Å². The summed E-state index contributed by atoms with van der Waals surface area (Å²) in [6.07, 6.45) is 1.87. The highest BCUT2D eigenvalue weighted by Gasteiger charge is 2.15. The van der Waals surface area contributed by atoms with E-state index < -0.39 is 0 Å². The molecule has 0 atom stereocenters. The minimum atomic E-state index is 0.969. The largest absolute Gasteiger partial charge is 0.256 e. The lowest BCUT2D eigenvalue weighted by molar-refractivity contribution is 1.40. The van der Waals surface area contributed by atoms with Gasteiger partial charge in [-0.3, -0.25) is 4.98 Å². The van der Waals surface area contributed by atoms with Crippen molar-refractivity contribution in [2.24, 2.45) is 0 Å². The molecule has 0 amide bonds. The SMILES string of the molecule is c1ccc(-c2cc(-c3ccc(-c4ccc(-c5cccc6cccnc56)c5ccccc45)cc3)nc3ccc4ccccc4c23)cc1. The van der Waals surface area contributed by atoms with Crippen LogP contribution in [0.2, 0.25) is 0 Å². The van der Waals surface area contributed by atoms with E-state index in [0.717, 1.165) is 33.2 Å². The fraction of sp³-hybridized carbons (Fsp3) is 0. The van der Waals surface area contributed by atoms with Gasteiger partial charge in [0.1, 0.15) is 0 Å². The third-order valence-electron chi connectivity index (χ3n) is 9.12. The highest BCUT2D eigenvalue weighted by Crippen LogP contribution is 2.40. The number of hydrogen-bond donors (Lipinski definition) is 0. The fourth-order valence-electron chi connectivity index (χ4n) is 6.93. The van der Waals surface area contributed by atoms with E-state index in [-0.39, 0.29) is 0 Å². The van der Waals surface area contributed by atoms with Crippen molar-refractivity contribution in [3.63, 3.8) is 0 Å². The molecule has 2 heterocycles. The van der Waals surface area contributed by atoms with Crippen LogP contribution in [-0.4, -0.2) is 9.97 Å². The number of para-hydroxylation sites is 1. The van der Waals surface area contributed by atoms with Crippen LogP contribution in [0.4, 0.5) is 0 Å². The van der Waals surface area contributed by atoms with Crippen molar-refractivity contribution in [2.45, 2.75) is 0 Å². The zero-order valence-electron chi connectivity index (χ0n) is 25.1. The number of rotatable bonds is 4. The first-order valence-electron chi connectivity index (χ1n) is 15.7. The average molecular weight is 585 g/mol. The molecule has 2 heteroatoms. The summed E-state index contributed by atoms with van der Waals surface area (Å²) in [4.78, 5) is 9.93. The third-order valence-corrected chi connectivity index (χ3v) is 9.12. The van der Waals surface area contributed by atoms with Gasteiger partial charge < -0.3 is 0 Å². The van der Waals surface area contributed by atoms with Gasteiger partial charge in [0.2, 0.25) is 0 Å². The summed E-state index contributed by atoms with van der Waals surface area (Å²) in [5.41, 5.74) is 11.2. The van der Waals surface area contributed by atoms with Crippen molar-refractivity contribution in [2.75, 3.05) is 0 Å².